The van der Waals surface area contributed by atoms with Gasteiger partial charge in [-0.3, -0.25) is 0 Å². The van der Waals surface area contributed by atoms with E-state index in [1.54, 1.807) is 12.1 Å². The van der Waals surface area contributed by atoms with Gasteiger partial charge in [0.2, 0.25) is 0 Å². The molecule has 3 aliphatic rings. The van der Waals surface area contributed by atoms with E-state index in [0.29, 0.717) is 18.4 Å². The highest BCUT2D eigenvalue weighted by atomic mass is 35.5. The third-order valence-corrected chi connectivity index (χ3v) is 9.83. The third-order valence-electron chi connectivity index (χ3n) is 9.40. The van der Waals surface area contributed by atoms with E-state index in [0.717, 1.165) is 9.80 Å². The summed E-state index contributed by atoms with van der Waals surface area (Å²) < 4.78 is 100. The first-order valence-electron chi connectivity index (χ1n) is 14.3. The van der Waals surface area contributed by atoms with Crippen molar-refractivity contribution in [3.05, 3.63) is 94.0 Å². The fourth-order valence-electron chi connectivity index (χ4n) is 7.30. The zero-order chi connectivity index (χ0) is 32.5. The Morgan fingerprint density at radius 1 is 0.867 bits per heavy atom. The zero-order valence-corrected chi connectivity index (χ0v) is 24.9. The highest BCUT2D eigenvalue weighted by Gasteiger charge is 2.68. The molecule has 1 saturated carbocycles. The number of rotatable bonds is 3. The summed E-state index contributed by atoms with van der Waals surface area (Å²) in [7, 11) is 2.42. The molecule has 0 radical (unpaired) electrons. The summed E-state index contributed by atoms with van der Waals surface area (Å²) >= 11 is 6.78. The first kappa shape index (κ1) is 31.5. The van der Waals surface area contributed by atoms with Crippen molar-refractivity contribution in [1.82, 2.24) is 0 Å². The predicted octanol–water partition coefficient (Wildman–Crippen LogP) is 8.05. The molecule has 0 saturated heterocycles. The number of cyclic esters (lactones) is 1. The SMILES string of the molecule is CN1c2ccc(C3CCCC([C@@]4(C(F)(F)F)OC(=O)c5ccccc5N4C)C3)c(Cl)c2C(O)O[C@@]1(c1ccccc1)C(F)(F)F. The number of fused-ring (bicyclic) bond motifs is 2. The molecular weight excluding hydrogens is 626 g/mol. The molecule has 2 aliphatic heterocycles. The number of ether oxygens (including phenoxy) is 2. The number of nitrogens with zero attached hydrogens (tertiary/aromatic N) is 2. The van der Waals surface area contributed by atoms with Crippen molar-refractivity contribution in [3.63, 3.8) is 0 Å². The van der Waals surface area contributed by atoms with Crippen LogP contribution in [-0.4, -0.2) is 43.2 Å². The van der Waals surface area contributed by atoms with Crippen LogP contribution in [0.3, 0.4) is 0 Å². The molecule has 2 heterocycles. The minimum atomic E-state index is -4.99. The molecule has 3 aromatic carbocycles. The molecule has 45 heavy (non-hydrogen) atoms. The highest BCUT2D eigenvalue weighted by molar-refractivity contribution is 6.32. The van der Waals surface area contributed by atoms with E-state index < -0.39 is 47.9 Å². The van der Waals surface area contributed by atoms with E-state index in [1.807, 2.05) is 0 Å². The summed E-state index contributed by atoms with van der Waals surface area (Å²) in [6.45, 7) is 0. The van der Waals surface area contributed by atoms with Gasteiger partial charge >= 0.3 is 18.3 Å². The van der Waals surface area contributed by atoms with Crippen molar-refractivity contribution < 1.29 is 45.7 Å². The molecular formula is C32H29ClF6N2O4. The van der Waals surface area contributed by atoms with Crippen LogP contribution in [0, 0.1) is 5.92 Å². The van der Waals surface area contributed by atoms with Gasteiger partial charge in [-0.2, -0.15) is 26.3 Å². The number of carbonyl (C=O) groups is 1. The number of aliphatic hydroxyl groups is 1. The van der Waals surface area contributed by atoms with Crippen molar-refractivity contribution >= 4 is 28.9 Å². The van der Waals surface area contributed by atoms with Crippen LogP contribution in [-0.2, 0) is 15.2 Å². The van der Waals surface area contributed by atoms with Crippen molar-refractivity contribution in [2.45, 2.75) is 61.7 Å². The van der Waals surface area contributed by atoms with Gasteiger partial charge in [-0.25, -0.2) is 4.79 Å². The number of anilines is 2. The summed E-state index contributed by atoms with van der Waals surface area (Å²) in [5.41, 5.74) is -5.93. The average molecular weight is 655 g/mol. The van der Waals surface area contributed by atoms with Crippen molar-refractivity contribution in [1.29, 1.82) is 0 Å². The Kier molecular flexibility index (Phi) is 7.57. The quantitative estimate of drug-likeness (QED) is 0.228. The lowest BCUT2D eigenvalue weighted by Gasteiger charge is -2.52. The van der Waals surface area contributed by atoms with Crippen molar-refractivity contribution in [2.24, 2.45) is 5.92 Å². The minimum Gasteiger partial charge on any atom is -0.425 e. The van der Waals surface area contributed by atoms with Crippen LogP contribution >= 0.6 is 11.6 Å². The summed E-state index contributed by atoms with van der Waals surface area (Å²) in [4.78, 5) is 14.7. The topological polar surface area (TPSA) is 62.2 Å². The molecule has 0 spiro atoms. The Hall–Kier alpha value is -3.48. The average Bonchev–Trinajstić information content (AvgIpc) is 3.00. The lowest BCUT2D eigenvalue weighted by molar-refractivity contribution is -0.330. The van der Waals surface area contributed by atoms with Crippen LogP contribution in [0.25, 0.3) is 0 Å². The van der Waals surface area contributed by atoms with Gasteiger partial charge in [-0.1, -0.05) is 66.6 Å². The smallest absolute Gasteiger partial charge is 0.425 e. The molecule has 240 valence electrons. The lowest BCUT2D eigenvalue weighted by atomic mass is 9.72. The standard InChI is InChI=1S/C32H29ClF6N2O4/c1-40-23-14-7-6-13-22(23)27(42)44-30(40,32(37,38)39)20-12-8-9-18(17-20)21-15-16-24-25(26(21)33)28(43)45-29(41(24)2,31(34,35)36)19-10-4-3-5-11-19/h3-7,10-11,13-16,18,20,28,43H,8-9,12,17H2,1-2H3/t18?,20?,28?,29-,30-/m0/s1. The predicted molar refractivity (Wildman–Crippen MR) is 154 cm³/mol. The number of halogens is 7. The maximum absolute atomic E-state index is 15.0. The molecule has 6 rings (SSSR count). The molecule has 1 aliphatic carbocycles. The fourth-order valence-corrected chi connectivity index (χ4v) is 7.71. The molecule has 1 fully saturated rings. The number of benzene rings is 3. The molecule has 3 unspecified atom stereocenters. The molecule has 6 nitrogen and oxygen atoms in total. The maximum Gasteiger partial charge on any atom is 0.449 e. The van der Waals surface area contributed by atoms with Gasteiger partial charge in [0, 0.05) is 36.8 Å². The number of alkyl halides is 6. The van der Waals surface area contributed by atoms with Crippen molar-refractivity contribution in [2.75, 3.05) is 23.9 Å². The van der Waals surface area contributed by atoms with Gasteiger partial charge in [0.05, 0.1) is 16.3 Å². The fraction of sp³-hybridized carbons (Fsp3) is 0.406. The second-order valence-electron chi connectivity index (χ2n) is 11.7. The van der Waals surface area contributed by atoms with Gasteiger partial charge in [0.15, 0.2) is 6.29 Å². The minimum absolute atomic E-state index is 0.0218. The highest BCUT2D eigenvalue weighted by Crippen LogP contribution is 2.57. The number of hydrogen-bond donors (Lipinski definition) is 1. The molecule has 5 atom stereocenters. The van der Waals surface area contributed by atoms with Crippen LogP contribution in [0.2, 0.25) is 5.02 Å². The van der Waals surface area contributed by atoms with Crippen LogP contribution in [0.1, 0.15) is 64.9 Å². The van der Waals surface area contributed by atoms with Gasteiger partial charge in [-0.15, -0.1) is 0 Å². The van der Waals surface area contributed by atoms with E-state index in [1.165, 1.54) is 68.7 Å². The molecule has 0 amide bonds. The van der Waals surface area contributed by atoms with Gasteiger partial charge in [0.1, 0.15) is 0 Å². The number of carbonyl (C=O) groups excluding carboxylic acids is 1. The zero-order valence-electron chi connectivity index (χ0n) is 24.1. The Morgan fingerprint density at radius 3 is 2.20 bits per heavy atom. The van der Waals surface area contributed by atoms with Crippen LogP contribution in [0.5, 0.6) is 0 Å². The second-order valence-corrected chi connectivity index (χ2v) is 12.0. The molecule has 0 bridgehead atoms. The normalized spacial score (nSPS) is 28.8. The molecule has 1 N–H and O–H groups in total. The van der Waals surface area contributed by atoms with E-state index in [-0.39, 0.29) is 45.9 Å². The lowest BCUT2D eigenvalue weighted by Crippen LogP contribution is -2.67. The van der Waals surface area contributed by atoms with Crippen LogP contribution in [0.4, 0.5) is 37.7 Å². The second kappa shape index (κ2) is 10.8. The molecule has 13 heteroatoms. The van der Waals surface area contributed by atoms with E-state index in [2.05, 4.69) is 0 Å². The summed E-state index contributed by atoms with van der Waals surface area (Å²) in [5, 5.41) is 11.0. The first-order valence-corrected chi connectivity index (χ1v) is 14.7. The van der Waals surface area contributed by atoms with E-state index >= 15 is 13.2 Å². The Balaban J connectivity index is 1.39. The Bertz CT molecular complexity index is 1620. The summed E-state index contributed by atoms with van der Waals surface area (Å²) in [6, 6.07) is 15.7. The number of hydrogen-bond acceptors (Lipinski definition) is 6. The maximum atomic E-state index is 15.0. The van der Waals surface area contributed by atoms with E-state index in [4.69, 9.17) is 21.1 Å². The number of para-hydroxylation sites is 1. The molecule has 3 aromatic rings. The first-order chi connectivity index (χ1) is 21.1. The summed E-state index contributed by atoms with van der Waals surface area (Å²) in [5.74, 6) is -2.87. The molecule has 0 aromatic heterocycles. The van der Waals surface area contributed by atoms with Gasteiger partial charge < -0.3 is 24.4 Å². The number of esters is 1. The van der Waals surface area contributed by atoms with Crippen molar-refractivity contribution in [3.8, 4) is 0 Å². The van der Waals surface area contributed by atoms with Gasteiger partial charge in [0.25, 0.3) is 11.4 Å². The monoisotopic (exact) mass is 654 g/mol. The van der Waals surface area contributed by atoms with Crippen LogP contribution in [0.15, 0.2) is 66.7 Å². The number of aliphatic hydroxyl groups excluding tert-OH is 1. The Morgan fingerprint density at radius 2 is 1.53 bits per heavy atom. The largest absolute Gasteiger partial charge is 0.449 e. The van der Waals surface area contributed by atoms with Crippen LogP contribution < -0.4 is 9.80 Å². The Labute approximate surface area is 260 Å². The van der Waals surface area contributed by atoms with Gasteiger partial charge in [-0.05, 0) is 48.9 Å². The third kappa shape index (κ3) is 4.58. The van der Waals surface area contributed by atoms with E-state index in [9.17, 15) is 23.1 Å². The summed E-state index contributed by atoms with van der Waals surface area (Å²) in [6.07, 6.45) is -11.3.